The van der Waals surface area contributed by atoms with Crippen molar-refractivity contribution < 1.29 is 9.59 Å². The summed E-state index contributed by atoms with van der Waals surface area (Å²) < 4.78 is 1.95. The van der Waals surface area contributed by atoms with Crippen molar-refractivity contribution in [2.24, 2.45) is 0 Å². The molecule has 0 atom stereocenters. The third kappa shape index (κ3) is 3.74. The zero-order valence-corrected chi connectivity index (χ0v) is 15.2. The number of hydrogen-bond donors (Lipinski definition) is 1. The van der Waals surface area contributed by atoms with Gasteiger partial charge in [-0.25, -0.2) is 0 Å². The van der Waals surface area contributed by atoms with Crippen LogP contribution in [0.4, 0.5) is 5.69 Å². The summed E-state index contributed by atoms with van der Waals surface area (Å²) in [5, 5.41) is 5.79. The molecule has 2 amide bonds. The van der Waals surface area contributed by atoms with Crippen molar-refractivity contribution in [2.75, 3.05) is 18.4 Å². The van der Waals surface area contributed by atoms with E-state index in [-0.39, 0.29) is 11.8 Å². The molecule has 3 aromatic rings. The summed E-state index contributed by atoms with van der Waals surface area (Å²) in [6.07, 6.45) is 1.91. The lowest BCUT2D eigenvalue weighted by molar-refractivity contribution is -0.131. The summed E-state index contributed by atoms with van der Waals surface area (Å²) in [4.78, 5) is 27.0. The molecule has 2 aromatic heterocycles. The van der Waals surface area contributed by atoms with Gasteiger partial charge in [-0.3, -0.25) is 9.59 Å². The normalized spacial score (nSPS) is 10.8. The number of nitrogens with zero attached hydrogens (tertiary/aromatic N) is 2. The van der Waals surface area contributed by atoms with E-state index < -0.39 is 0 Å². The highest BCUT2D eigenvalue weighted by Gasteiger charge is 2.12. The Morgan fingerprint density at radius 1 is 1.16 bits per heavy atom. The quantitative estimate of drug-likeness (QED) is 0.731. The van der Waals surface area contributed by atoms with Crippen molar-refractivity contribution in [2.45, 2.75) is 20.4 Å². The van der Waals surface area contributed by atoms with Crippen LogP contribution in [0.5, 0.6) is 0 Å². The van der Waals surface area contributed by atoms with E-state index in [2.05, 4.69) is 5.32 Å². The highest BCUT2D eigenvalue weighted by atomic mass is 32.1. The van der Waals surface area contributed by atoms with Gasteiger partial charge in [-0.05, 0) is 49.6 Å². The van der Waals surface area contributed by atoms with Gasteiger partial charge in [-0.2, -0.15) is 0 Å². The second kappa shape index (κ2) is 7.53. The largest absolute Gasteiger partial charge is 0.342 e. The molecule has 0 aliphatic rings. The minimum atomic E-state index is -0.106. The number of amides is 2. The van der Waals surface area contributed by atoms with Gasteiger partial charge >= 0.3 is 0 Å². The predicted octanol–water partition coefficient (Wildman–Crippen LogP) is 3.82. The van der Waals surface area contributed by atoms with E-state index in [1.165, 1.54) is 11.3 Å². The molecular formula is C19H21N3O2S. The van der Waals surface area contributed by atoms with E-state index in [9.17, 15) is 9.59 Å². The molecule has 0 unspecified atom stereocenters. The van der Waals surface area contributed by atoms with Crippen LogP contribution in [0.1, 0.15) is 23.5 Å². The van der Waals surface area contributed by atoms with Crippen LogP contribution in [0.3, 0.4) is 0 Å². The third-order valence-electron chi connectivity index (χ3n) is 4.20. The molecule has 2 heterocycles. The Bertz CT molecular complexity index is 879. The lowest BCUT2D eigenvalue weighted by Crippen LogP contribution is -2.33. The Kier molecular flexibility index (Phi) is 5.19. The molecule has 6 heteroatoms. The maximum atomic E-state index is 12.3. The van der Waals surface area contributed by atoms with Crippen LogP contribution < -0.4 is 5.32 Å². The number of carbonyl (C=O) groups excluding carboxylic acids is 2. The van der Waals surface area contributed by atoms with E-state index >= 15 is 0 Å². The van der Waals surface area contributed by atoms with Crippen molar-refractivity contribution in [3.8, 4) is 0 Å². The lowest BCUT2D eigenvalue weighted by atomic mass is 10.2. The summed E-state index contributed by atoms with van der Waals surface area (Å²) in [5.41, 5.74) is 1.73. The van der Waals surface area contributed by atoms with Gasteiger partial charge in [0, 0.05) is 35.9 Å². The van der Waals surface area contributed by atoms with E-state index in [4.69, 9.17) is 0 Å². The van der Waals surface area contributed by atoms with E-state index in [1.807, 2.05) is 65.2 Å². The molecule has 1 N–H and O–H groups in total. The third-order valence-corrected chi connectivity index (χ3v) is 5.06. The number of anilines is 1. The fourth-order valence-corrected chi connectivity index (χ4v) is 3.46. The molecule has 0 fully saturated rings. The second-order valence-corrected chi connectivity index (χ2v) is 6.66. The number of rotatable bonds is 6. The van der Waals surface area contributed by atoms with Crippen LogP contribution in [0.25, 0.3) is 10.9 Å². The fourth-order valence-electron chi connectivity index (χ4n) is 2.84. The Balaban J connectivity index is 1.77. The predicted molar refractivity (Wildman–Crippen MR) is 102 cm³/mol. The number of thiophene rings is 1. The zero-order valence-electron chi connectivity index (χ0n) is 14.4. The molecule has 5 nitrogen and oxygen atoms in total. The number of benzene rings is 1. The SMILES string of the molecule is CCN(CC)C(=O)Cn1ccc2cc(NC(=O)c3cccs3)ccc21. The van der Waals surface area contributed by atoms with Crippen LogP contribution in [0.2, 0.25) is 0 Å². The number of fused-ring (bicyclic) bond motifs is 1. The summed E-state index contributed by atoms with van der Waals surface area (Å²) in [6, 6.07) is 11.4. The highest BCUT2D eigenvalue weighted by molar-refractivity contribution is 7.12. The van der Waals surface area contributed by atoms with Crippen LogP contribution in [0.15, 0.2) is 48.0 Å². The number of nitrogens with one attached hydrogen (secondary N) is 1. The van der Waals surface area contributed by atoms with Gasteiger partial charge in [0.25, 0.3) is 5.91 Å². The minimum Gasteiger partial charge on any atom is -0.342 e. The van der Waals surface area contributed by atoms with Crippen LogP contribution in [0, 0.1) is 0 Å². The molecular weight excluding hydrogens is 334 g/mol. The molecule has 0 spiro atoms. The van der Waals surface area contributed by atoms with Crippen LogP contribution >= 0.6 is 11.3 Å². The van der Waals surface area contributed by atoms with Gasteiger partial charge < -0.3 is 14.8 Å². The topological polar surface area (TPSA) is 54.3 Å². The van der Waals surface area contributed by atoms with Crippen molar-refractivity contribution in [3.63, 3.8) is 0 Å². The maximum Gasteiger partial charge on any atom is 0.265 e. The number of carbonyl (C=O) groups is 2. The fraction of sp³-hybridized carbons (Fsp3) is 0.263. The van der Waals surface area contributed by atoms with Crippen LogP contribution in [-0.4, -0.2) is 34.4 Å². The molecule has 0 saturated heterocycles. The number of aromatic nitrogens is 1. The van der Waals surface area contributed by atoms with Crippen LogP contribution in [-0.2, 0) is 11.3 Å². The Morgan fingerprint density at radius 3 is 2.64 bits per heavy atom. The molecule has 130 valence electrons. The first kappa shape index (κ1) is 17.2. The standard InChI is InChI=1S/C19H21N3O2S/c1-3-21(4-2)18(23)13-22-10-9-14-12-15(7-8-16(14)22)20-19(24)17-6-5-11-25-17/h5-12H,3-4,13H2,1-2H3,(H,20,24). The van der Waals surface area contributed by atoms with Crippen molar-refractivity contribution in [3.05, 3.63) is 52.9 Å². The highest BCUT2D eigenvalue weighted by Crippen LogP contribution is 2.22. The molecule has 1 aromatic carbocycles. The summed E-state index contributed by atoms with van der Waals surface area (Å²) in [7, 11) is 0. The van der Waals surface area contributed by atoms with E-state index in [1.54, 1.807) is 6.07 Å². The molecule has 3 rings (SSSR count). The molecule has 0 saturated carbocycles. The van der Waals surface area contributed by atoms with Gasteiger partial charge in [0.05, 0.1) is 4.88 Å². The van der Waals surface area contributed by atoms with Gasteiger partial charge in [0.1, 0.15) is 6.54 Å². The second-order valence-electron chi connectivity index (χ2n) is 5.71. The molecule has 0 bridgehead atoms. The Hall–Kier alpha value is -2.60. The minimum absolute atomic E-state index is 0.106. The Labute approximate surface area is 150 Å². The number of hydrogen-bond acceptors (Lipinski definition) is 3. The zero-order chi connectivity index (χ0) is 17.8. The number of likely N-dealkylation sites (N-methyl/N-ethyl adjacent to an activating group) is 1. The molecule has 0 radical (unpaired) electrons. The monoisotopic (exact) mass is 355 g/mol. The van der Waals surface area contributed by atoms with Crippen molar-refractivity contribution in [1.82, 2.24) is 9.47 Å². The summed E-state index contributed by atoms with van der Waals surface area (Å²) >= 11 is 1.41. The van der Waals surface area contributed by atoms with Gasteiger partial charge in [-0.15, -0.1) is 11.3 Å². The van der Waals surface area contributed by atoms with Crippen molar-refractivity contribution in [1.29, 1.82) is 0 Å². The molecule has 0 aliphatic heterocycles. The Morgan fingerprint density at radius 2 is 1.96 bits per heavy atom. The average Bonchev–Trinajstić information content (AvgIpc) is 3.26. The van der Waals surface area contributed by atoms with Gasteiger partial charge in [0.15, 0.2) is 0 Å². The lowest BCUT2D eigenvalue weighted by Gasteiger charge is -2.19. The first-order valence-electron chi connectivity index (χ1n) is 8.34. The maximum absolute atomic E-state index is 12.3. The first-order valence-corrected chi connectivity index (χ1v) is 9.21. The van der Waals surface area contributed by atoms with Gasteiger partial charge in [-0.1, -0.05) is 6.07 Å². The molecule has 25 heavy (non-hydrogen) atoms. The molecule has 0 aliphatic carbocycles. The summed E-state index contributed by atoms with van der Waals surface area (Å²) in [5.74, 6) is 0.00284. The van der Waals surface area contributed by atoms with E-state index in [0.29, 0.717) is 24.5 Å². The average molecular weight is 355 g/mol. The van der Waals surface area contributed by atoms with Gasteiger partial charge in [0.2, 0.25) is 5.91 Å². The smallest absolute Gasteiger partial charge is 0.265 e. The first-order chi connectivity index (χ1) is 12.1. The van der Waals surface area contributed by atoms with Crippen molar-refractivity contribution >= 4 is 39.7 Å². The summed E-state index contributed by atoms with van der Waals surface area (Å²) in [6.45, 7) is 5.72. The van der Waals surface area contributed by atoms with E-state index in [0.717, 1.165) is 16.6 Å².